The van der Waals surface area contributed by atoms with Crippen LogP contribution in [-0.4, -0.2) is 42.6 Å². The molecule has 2 aliphatic carbocycles. The van der Waals surface area contributed by atoms with Gasteiger partial charge in [-0.05, 0) is 50.4 Å². The summed E-state index contributed by atoms with van der Waals surface area (Å²) >= 11 is 0. The summed E-state index contributed by atoms with van der Waals surface area (Å²) in [6.07, 6.45) is 6.77. The van der Waals surface area contributed by atoms with Crippen LogP contribution in [-0.2, 0) is 9.53 Å². The molecule has 4 heteroatoms. The quantitative estimate of drug-likeness (QED) is 0.819. The van der Waals surface area contributed by atoms with Gasteiger partial charge in [-0.25, -0.2) is 0 Å². The number of primary amides is 1. The van der Waals surface area contributed by atoms with Gasteiger partial charge in [0.25, 0.3) is 0 Å². The average Bonchev–Trinajstić information content (AvgIpc) is 2.88. The number of nitrogens with two attached hydrogens (primary N) is 1. The Balaban J connectivity index is 1.72. The van der Waals surface area contributed by atoms with Crippen LogP contribution in [0, 0.1) is 11.3 Å². The van der Waals surface area contributed by atoms with Crippen LogP contribution in [0.15, 0.2) is 0 Å². The molecule has 0 aromatic heterocycles. The highest BCUT2D eigenvalue weighted by molar-refractivity contribution is 5.80. The molecule has 2 bridgehead atoms. The van der Waals surface area contributed by atoms with E-state index in [4.69, 9.17) is 10.5 Å². The maximum absolute atomic E-state index is 11.7. The highest BCUT2D eigenvalue weighted by Crippen LogP contribution is 2.54. The second-order valence-corrected chi connectivity index (χ2v) is 6.54. The summed E-state index contributed by atoms with van der Waals surface area (Å²) in [4.78, 5) is 13.9. The number of hydrogen-bond donors (Lipinski definition) is 1. The second kappa shape index (κ2) is 4.49. The van der Waals surface area contributed by atoms with E-state index in [0.717, 1.165) is 25.6 Å². The Morgan fingerprint density at radius 1 is 1.44 bits per heavy atom. The van der Waals surface area contributed by atoms with Gasteiger partial charge < -0.3 is 10.5 Å². The molecule has 3 rings (SSSR count). The molecule has 2 atom stereocenters. The molecule has 1 heterocycles. The van der Waals surface area contributed by atoms with Crippen LogP contribution in [0.5, 0.6) is 0 Å². The Bertz CT molecular complexity index is 337. The minimum absolute atomic E-state index is 0.0637. The van der Waals surface area contributed by atoms with Crippen LogP contribution < -0.4 is 5.73 Å². The number of amides is 1. The van der Waals surface area contributed by atoms with Gasteiger partial charge in [0.2, 0.25) is 5.91 Å². The zero-order valence-electron chi connectivity index (χ0n) is 11.2. The summed E-state index contributed by atoms with van der Waals surface area (Å²) in [7, 11) is 0. The SMILES string of the molecule is C[C@H]1OCCN(CC23CCC(CC2)C3)[C@@H]1C(N)=O. The van der Waals surface area contributed by atoms with E-state index in [1.807, 2.05) is 6.92 Å². The maximum Gasteiger partial charge on any atom is 0.237 e. The first-order valence-electron chi connectivity index (χ1n) is 7.25. The number of carbonyl (C=O) groups is 1. The summed E-state index contributed by atoms with van der Waals surface area (Å²) in [6, 6.07) is -0.229. The van der Waals surface area contributed by atoms with Crippen LogP contribution >= 0.6 is 0 Å². The van der Waals surface area contributed by atoms with Crippen LogP contribution in [0.25, 0.3) is 0 Å². The Hall–Kier alpha value is -0.610. The number of morpholine rings is 1. The summed E-state index contributed by atoms with van der Waals surface area (Å²) in [5.41, 5.74) is 6.04. The van der Waals surface area contributed by atoms with Gasteiger partial charge in [0.05, 0.1) is 12.7 Å². The van der Waals surface area contributed by atoms with Crippen molar-refractivity contribution in [3.05, 3.63) is 0 Å². The summed E-state index contributed by atoms with van der Waals surface area (Å²) in [6.45, 7) is 4.59. The lowest BCUT2D eigenvalue weighted by Gasteiger charge is -2.42. The molecule has 4 nitrogen and oxygen atoms in total. The van der Waals surface area contributed by atoms with E-state index in [1.165, 1.54) is 32.1 Å². The Morgan fingerprint density at radius 3 is 2.72 bits per heavy atom. The topological polar surface area (TPSA) is 55.6 Å². The molecule has 0 unspecified atom stereocenters. The highest BCUT2D eigenvalue weighted by atomic mass is 16.5. The van der Waals surface area contributed by atoms with Gasteiger partial charge in [-0.3, -0.25) is 9.69 Å². The number of rotatable bonds is 3. The van der Waals surface area contributed by atoms with Gasteiger partial charge in [-0.15, -0.1) is 0 Å². The van der Waals surface area contributed by atoms with Crippen molar-refractivity contribution in [1.82, 2.24) is 4.90 Å². The van der Waals surface area contributed by atoms with Crippen LogP contribution in [0.3, 0.4) is 0 Å². The van der Waals surface area contributed by atoms with E-state index in [2.05, 4.69) is 4.90 Å². The largest absolute Gasteiger partial charge is 0.375 e. The highest BCUT2D eigenvalue weighted by Gasteiger charge is 2.47. The lowest BCUT2D eigenvalue weighted by molar-refractivity contribution is -0.137. The van der Waals surface area contributed by atoms with Gasteiger partial charge in [0.1, 0.15) is 6.04 Å². The van der Waals surface area contributed by atoms with Crippen molar-refractivity contribution in [2.75, 3.05) is 19.7 Å². The van der Waals surface area contributed by atoms with Crippen LogP contribution in [0.4, 0.5) is 0 Å². The van der Waals surface area contributed by atoms with Crippen molar-refractivity contribution in [1.29, 1.82) is 0 Å². The van der Waals surface area contributed by atoms with Crippen molar-refractivity contribution >= 4 is 5.91 Å². The van der Waals surface area contributed by atoms with Crippen molar-refractivity contribution in [3.63, 3.8) is 0 Å². The van der Waals surface area contributed by atoms with Gasteiger partial charge in [-0.2, -0.15) is 0 Å². The molecule has 102 valence electrons. The molecule has 3 aliphatic rings. The minimum atomic E-state index is -0.230. The fourth-order valence-corrected chi connectivity index (χ4v) is 4.44. The first-order valence-corrected chi connectivity index (χ1v) is 7.25. The third-order valence-electron chi connectivity index (χ3n) is 5.31. The zero-order valence-corrected chi connectivity index (χ0v) is 11.2. The van der Waals surface area contributed by atoms with Crippen molar-refractivity contribution in [3.8, 4) is 0 Å². The van der Waals surface area contributed by atoms with Crippen molar-refractivity contribution < 1.29 is 9.53 Å². The predicted octanol–water partition coefficient (Wildman–Crippen LogP) is 1.14. The molecule has 1 saturated heterocycles. The Labute approximate surface area is 109 Å². The summed E-state index contributed by atoms with van der Waals surface area (Å²) in [5, 5.41) is 0. The smallest absolute Gasteiger partial charge is 0.237 e. The monoisotopic (exact) mass is 252 g/mol. The third kappa shape index (κ3) is 2.05. The molecule has 18 heavy (non-hydrogen) atoms. The fourth-order valence-electron chi connectivity index (χ4n) is 4.44. The molecule has 3 fully saturated rings. The predicted molar refractivity (Wildman–Crippen MR) is 69.0 cm³/mol. The number of ether oxygens (including phenoxy) is 1. The number of fused-ring (bicyclic) bond motifs is 2. The van der Waals surface area contributed by atoms with E-state index < -0.39 is 0 Å². The van der Waals surface area contributed by atoms with Crippen molar-refractivity contribution in [2.45, 2.75) is 51.2 Å². The zero-order chi connectivity index (χ0) is 12.8. The molecule has 1 aliphatic heterocycles. The molecule has 0 radical (unpaired) electrons. The molecule has 0 spiro atoms. The number of carbonyl (C=O) groups excluding carboxylic acids is 1. The number of nitrogens with zero attached hydrogens (tertiary/aromatic N) is 1. The van der Waals surface area contributed by atoms with E-state index in [-0.39, 0.29) is 18.1 Å². The van der Waals surface area contributed by atoms with Gasteiger partial charge >= 0.3 is 0 Å². The Morgan fingerprint density at radius 2 is 2.17 bits per heavy atom. The summed E-state index contributed by atoms with van der Waals surface area (Å²) in [5.74, 6) is 0.724. The molecule has 2 saturated carbocycles. The van der Waals surface area contributed by atoms with E-state index >= 15 is 0 Å². The van der Waals surface area contributed by atoms with Gasteiger partial charge in [0, 0.05) is 13.1 Å². The number of hydrogen-bond acceptors (Lipinski definition) is 3. The molecule has 0 aromatic carbocycles. The van der Waals surface area contributed by atoms with Crippen LogP contribution in [0.2, 0.25) is 0 Å². The molecular weight excluding hydrogens is 228 g/mol. The van der Waals surface area contributed by atoms with Crippen LogP contribution in [0.1, 0.15) is 39.0 Å². The van der Waals surface area contributed by atoms with E-state index in [1.54, 1.807) is 0 Å². The van der Waals surface area contributed by atoms with E-state index in [0.29, 0.717) is 5.41 Å². The first-order chi connectivity index (χ1) is 8.60. The third-order valence-corrected chi connectivity index (χ3v) is 5.31. The first kappa shape index (κ1) is 12.4. The lowest BCUT2D eigenvalue weighted by Crippen LogP contribution is -2.58. The average molecular weight is 252 g/mol. The molecule has 2 N–H and O–H groups in total. The molecule has 1 amide bonds. The fraction of sp³-hybridized carbons (Fsp3) is 0.929. The van der Waals surface area contributed by atoms with Crippen molar-refractivity contribution in [2.24, 2.45) is 17.1 Å². The lowest BCUT2D eigenvalue weighted by atomic mass is 9.83. The van der Waals surface area contributed by atoms with E-state index in [9.17, 15) is 4.79 Å². The normalized spacial score (nSPS) is 44.4. The molecular formula is C14H24N2O2. The van der Waals surface area contributed by atoms with Gasteiger partial charge in [-0.1, -0.05) is 0 Å². The Kier molecular flexibility index (Phi) is 3.10. The maximum atomic E-state index is 11.7. The second-order valence-electron chi connectivity index (χ2n) is 6.54. The summed E-state index contributed by atoms with van der Waals surface area (Å²) < 4.78 is 5.58. The minimum Gasteiger partial charge on any atom is -0.375 e. The standard InChI is InChI=1S/C14H24N2O2/c1-10-12(13(15)17)16(6-7-18-10)9-14-4-2-11(8-14)3-5-14/h10-12H,2-9H2,1H3,(H2,15,17)/t10-,11?,12+,14?/m1/s1. The molecule has 0 aromatic rings. The van der Waals surface area contributed by atoms with Gasteiger partial charge in [0.15, 0.2) is 0 Å².